The standard InChI is InChI=1S/C21H25N3O6/c1-4-14(2)18-7-5-6-8-19(18)29-13-20(25)22-23-21(26)15(3)30-17-11-9-16(10-12-17)24(27)28/h5-12,14-15H,4,13H2,1-3H3,(H,22,25)(H,23,26). The van der Waals surface area contributed by atoms with Gasteiger partial charge in [0.05, 0.1) is 4.92 Å². The van der Waals surface area contributed by atoms with Crippen LogP contribution in [0, 0.1) is 10.1 Å². The predicted octanol–water partition coefficient (Wildman–Crippen LogP) is 3.10. The third-order valence-corrected chi connectivity index (χ3v) is 4.48. The van der Waals surface area contributed by atoms with E-state index in [0.29, 0.717) is 17.4 Å². The fraction of sp³-hybridized carbons (Fsp3) is 0.333. The quantitative estimate of drug-likeness (QED) is 0.480. The van der Waals surface area contributed by atoms with Crippen LogP contribution in [0.3, 0.4) is 0 Å². The van der Waals surface area contributed by atoms with Gasteiger partial charge in [0, 0.05) is 12.1 Å². The van der Waals surface area contributed by atoms with Crippen LogP contribution in [0.5, 0.6) is 11.5 Å². The highest BCUT2D eigenvalue weighted by Crippen LogP contribution is 2.28. The van der Waals surface area contributed by atoms with Gasteiger partial charge in [0.15, 0.2) is 12.7 Å². The predicted molar refractivity (Wildman–Crippen MR) is 110 cm³/mol. The Morgan fingerprint density at radius 3 is 2.37 bits per heavy atom. The fourth-order valence-electron chi connectivity index (χ4n) is 2.56. The van der Waals surface area contributed by atoms with E-state index in [-0.39, 0.29) is 12.3 Å². The number of hydrogen-bond donors (Lipinski definition) is 2. The van der Waals surface area contributed by atoms with Crippen LogP contribution < -0.4 is 20.3 Å². The molecule has 2 aromatic carbocycles. The second-order valence-electron chi connectivity index (χ2n) is 6.68. The molecule has 2 aromatic rings. The second kappa shape index (κ2) is 10.8. The molecule has 2 unspecified atom stereocenters. The van der Waals surface area contributed by atoms with Crippen LogP contribution >= 0.6 is 0 Å². The number of non-ortho nitro benzene ring substituents is 1. The van der Waals surface area contributed by atoms with Gasteiger partial charge in [0.1, 0.15) is 11.5 Å². The summed E-state index contributed by atoms with van der Waals surface area (Å²) in [6, 6.07) is 12.8. The summed E-state index contributed by atoms with van der Waals surface area (Å²) in [6.07, 6.45) is 0.00810. The number of ether oxygens (including phenoxy) is 2. The van der Waals surface area contributed by atoms with E-state index in [1.165, 1.54) is 31.2 Å². The number of rotatable bonds is 9. The minimum atomic E-state index is -0.932. The van der Waals surface area contributed by atoms with E-state index in [1.807, 2.05) is 18.2 Å². The average Bonchev–Trinajstić information content (AvgIpc) is 2.75. The van der Waals surface area contributed by atoms with Crippen LogP contribution in [0.4, 0.5) is 5.69 Å². The molecule has 0 radical (unpaired) electrons. The van der Waals surface area contributed by atoms with Crippen LogP contribution in [0.25, 0.3) is 0 Å². The maximum absolute atomic E-state index is 12.1. The minimum Gasteiger partial charge on any atom is -0.483 e. The lowest BCUT2D eigenvalue weighted by molar-refractivity contribution is -0.384. The molecule has 0 aromatic heterocycles. The van der Waals surface area contributed by atoms with Gasteiger partial charge in [0.2, 0.25) is 0 Å². The van der Waals surface area contributed by atoms with Gasteiger partial charge in [-0.05, 0) is 43.0 Å². The molecule has 9 nitrogen and oxygen atoms in total. The first-order valence-corrected chi connectivity index (χ1v) is 9.53. The number of nitro benzene ring substituents is 1. The van der Waals surface area contributed by atoms with Crippen LogP contribution in [-0.2, 0) is 9.59 Å². The molecule has 2 atom stereocenters. The Hall–Kier alpha value is -3.62. The zero-order chi connectivity index (χ0) is 22.1. The molecule has 0 bridgehead atoms. The van der Waals surface area contributed by atoms with E-state index < -0.39 is 22.8 Å². The number of para-hydroxylation sites is 1. The van der Waals surface area contributed by atoms with Crippen molar-refractivity contribution < 1.29 is 24.0 Å². The highest BCUT2D eigenvalue weighted by molar-refractivity contribution is 5.85. The molecule has 30 heavy (non-hydrogen) atoms. The van der Waals surface area contributed by atoms with E-state index >= 15 is 0 Å². The summed E-state index contributed by atoms with van der Waals surface area (Å²) in [5.74, 6) is 0.107. The van der Waals surface area contributed by atoms with Crippen molar-refractivity contribution in [2.75, 3.05) is 6.61 Å². The first-order valence-electron chi connectivity index (χ1n) is 9.53. The molecular weight excluding hydrogens is 390 g/mol. The van der Waals surface area contributed by atoms with Crippen molar-refractivity contribution in [2.24, 2.45) is 0 Å². The molecule has 0 heterocycles. The molecule has 0 fully saturated rings. The Kier molecular flexibility index (Phi) is 8.16. The van der Waals surface area contributed by atoms with Crippen molar-refractivity contribution >= 4 is 17.5 Å². The number of nitrogens with zero attached hydrogens (tertiary/aromatic N) is 1. The van der Waals surface area contributed by atoms with E-state index in [9.17, 15) is 19.7 Å². The Morgan fingerprint density at radius 2 is 1.73 bits per heavy atom. The highest BCUT2D eigenvalue weighted by Gasteiger charge is 2.17. The summed E-state index contributed by atoms with van der Waals surface area (Å²) in [6.45, 7) is 5.38. The summed E-state index contributed by atoms with van der Waals surface area (Å²) in [5, 5.41) is 10.7. The average molecular weight is 415 g/mol. The number of nitro groups is 1. The molecule has 2 amide bonds. The number of benzene rings is 2. The van der Waals surface area contributed by atoms with Crippen molar-refractivity contribution in [1.29, 1.82) is 0 Å². The number of amides is 2. The summed E-state index contributed by atoms with van der Waals surface area (Å²) < 4.78 is 11.0. The van der Waals surface area contributed by atoms with E-state index in [0.717, 1.165) is 12.0 Å². The first kappa shape index (κ1) is 22.7. The Balaban J connectivity index is 1.80. The van der Waals surface area contributed by atoms with Crippen LogP contribution in [-0.4, -0.2) is 29.4 Å². The van der Waals surface area contributed by atoms with Gasteiger partial charge in [-0.25, -0.2) is 0 Å². The Labute approximate surface area is 174 Å². The van der Waals surface area contributed by atoms with Gasteiger partial charge in [-0.1, -0.05) is 32.0 Å². The monoisotopic (exact) mass is 415 g/mol. The molecule has 2 N–H and O–H groups in total. The number of carbonyl (C=O) groups excluding carboxylic acids is 2. The third kappa shape index (κ3) is 6.47. The van der Waals surface area contributed by atoms with Crippen molar-refractivity contribution in [1.82, 2.24) is 10.9 Å². The van der Waals surface area contributed by atoms with Crippen molar-refractivity contribution in [3.05, 3.63) is 64.2 Å². The molecule has 0 saturated heterocycles. The van der Waals surface area contributed by atoms with Gasteiger partial charge < -0.3 is 9.47 Å². The molecule has 0 aliphatic rings. The van der Waals surface area contributed by atoms with Crippen molar-refractivity contribution in [2.45, 2.75) is 39.2 Å². The largest absolute Gasteiger partial charge is 0.483 e. The normalized spacial score (nSPS) is 12.4. The van der Waals surface area contributed by atoms with Crippen LogP contribution in [0.2, 0.25) is 0 Å². The topological polar surface area (TPSA) is 120 Å². The number of nitrogens with one attached hydrogen (secondary N) is 2. The van der Waals surface area contributed by atoms with Crippen molar-refractivity contribution in [3.63, 3.8) is 0 Å². The third-order valence-electron chi connectivity index (χ3n) is 4.48. The zero-order valence-corrected chi connectivity index (χ0v) is 17.1. The van der Waals surface area contributed by atoms with Gasteiger partial charge in [0.25, 0.3) is 17.5 Å². The number of hydrogen-bond acceptors (Lipinski definition) is 6. The van der Waals surface area contributed by atoms with E-state index in [1.54, 1.807) is 6.07 Å². The minimum absolute atomic E-state index is 0.0818. The maximum atomic E-state index is 12.1. The van der Waals surface area contributed by atoms with Gasteiger partial charge >= 0.3 is 0 Å². The van der Waals surface area contributed by atoms with Crippen molar-refractivity contribution in [3.8, 4) is 11.5 Å². The number of hydrazine groups is 1. The molecule has 2 rings (SSSR count). The van der Waals surface area contributed by atoms with Gasteiger partial charge in [-0.2, -0.15) is 0 Å². The zero-order valence-electron chi connectivity index (χ0n) is 17.1. The summed E-state index contributed by atoms with van der Waals surface area (Å²) in [4.78, 5) is 34.2. The van der Waals surface area contributed by atoms with E-state index in [2.05, 4.69) is 24.7 Å². The lowest BCUT2D eigenvalue weighted by Crippen LogP contribution is -2.48. The highest BCUT2D eigenvalue weighted by atomic mass is 16.6. The Morgan fingerprint density at radius 1 is 1.07 bits per heavy atom. The smallest absolute Gasteiger partial charge is 0.279 e. The molecule has 9 heteroatoms. The lowest BCUT2D eigenvalue weighted by Gasteiger charge is -2.17. The molecule has 0 aliphatic carbocycles. The summed E-state index contributed by atoms with van der Waals surface area (Å²) in [5.41, 5.74) is 5.47. The van der Waals surface area contributed by atoms with Gasteiger partial charge in [-0.15, -0.1) is 0 Å². The van der Waals surface area contributed by atoms with Gasteiger partial charge in [-0.3, -0.25) is 30.6 Å². The summed E-state index contributed by atoms with van der Waals surface area (Å²) >= 11 is 0. The first-order chi connectivity index (χ1) is 14.3. The molecular formula is C21H25N3O6. The SMILES string of the molecule is CCC(C)c1ccccc1OCC(=O)NNC(=O)C(C)Oc1ccc([N+](=O)[O-])cc1. The Bertz CT molecular complexity index is 885. The molecule has 0 spiro atoms. The molecule has 160 valence electrons. The lowest BCUT2D eigenvalue weighted by atomic mass is 9.98. The van der Waals surface area contributed by atoms with E-state index in [4.69, 9.17) is 9.47 Å². The molecule has 0 saturated carbocycles. The summed E-state index contributed by atoms with van der Waals surface area (Å²) in [7, 11) is 0. The van der Waals surface area contributed by atoms with Crippen LogP contribution in [0.1, 0.15) is 38.7 Å². The van der Waals surface area contributed by atoms with Crippen LogP contribution in [0.15, 0.2) is 48.5 Å². The molecule has 0 aliphatic heterocycles. The number of carbonyl (C=O) groups is 2. The fourth-order valence-corrected chi connectivity index (χ4v) is 2.56. The maximum Gasteiger partial charge on any atom is 0.279 e. The second-order valence-corrected chi connectivity index (χ2v) is 6.68.